The predicted octanol–water partition coefficient (Wildman–Crippen LogP) is 3.83. The van der Waals surface area contributed by atoms with Gasteiger partial charge >= 0.3 is 0 Å². The van der Waals surface area contributed by atoms with Gasteiger partial charge in [0.05, 0.1) is 0 Å². The highest BCUT2D eigenvalue weighted by Gasteiger charge is 2.27. The van der Waals surface area contributed by atoms with Crippen LogP contribution < -0.4 is 5.73 Å². The number of nitrogens with two attached hydrogens (primary N) is 1. The van der Waals surface area contributed by atoms with Gasteiger partial charge in [-0.25, -0.2) is 13.2 Å². The molecule has 1 nitrogen and oxygen atoms in total. The molecule has 0 amide bonds. The summed E-state index contributed by atoms with van der Waals surface area (Å²) < 4.78 is 40.8. The Bertz CT molecular complexity index is 636. The smallest absolute Gasteiger partial charge is 0.164 e. The minimum atomic E-state index is -1.12. The standard InChI is InChI=1S/C16H16F3N/c1-10-6-7-13(15(19)14(10)18)16(2,20)9-11-4-3-5-12(17)8-11/h3-8H,9,20H2,1-2H3. The first kappa shape index (κ1) is 14.6. The van der Waals surface area contributed by atoms with Crippen LogP contribution in [-0.4, -0.2) is 0 Å². The summed E-state index contributed by atoms with van der Waals surface area (Å²) in [5.41, 5.74) is 5.94. The molecule has 20 heavy (non-hydrogen) atoms. The molecule has 0 aliphatic rings. The van der Waals surface area contributed by atoms with Crippen LogP contribution in [0.5, 0.6) is 0 Å². The van der Waals surface area contributed by atoms with E-state index in [0.29, 0.717) is 5.56 Å². The fraction of sp³-hybridized carbons (Fsp3) is 0.250. The fourth-order valence-electron chi connectivity index (χ4n) is 2.25. The number of halogens is 3. The molecule has 0 saturated carbocycles. The Morgan fingerprint density at radius 3 is 2.40 bits per heavy atom. The van der Waals surface area contributed by atoms with Gasteiger partial charge in [0.1, 0.15) is 5.82 Å². The predicted molar refractivity (Wildman–Crippen MR) is 72.7 cm³/mol. The third kappa shape index (κ3) is 2.85. The molecule has 0 aliphatic carbocycles. The van der Waals surface area contributed by atoms with Crippen LogP contribution in [0, 0.1) is 24.4 Å². The van der Waals surface area contributed by atoms with E-state index in [1.54, 1.807) is 19.1 Å². The summed E-state index contributed by atoms with van der Waals surface area (Å²) in [4.78, 5) is 0. The van der Waals surface area contributed by atoms with Crippen LogP contribution in [0.15, 0.2) is 36.4 Å². The van der Waals surface area contributed by atoms with E-state index in [9.17, 15) is 13.2 Å². The van der Waals surface area contributed by atoms with Crippen molar-refractivity contribution >= 4 is 0 Å². The first-order valence-electron chi connectivity index (χ1n) is 6.29. The van der Waals surface area contributed by atoms with Crippen LogP contribution in [-0.2, 0) is 12.0 Å². The zero-order valence-corrected chi connectivity index (χ0v) is 11.4. The van der Waals surface area contributed by atoms with Crippen LogP contribution in [0.3, 0.4) is 0 Å². The Balaban J connectivity index is 2.38. The molecule has 2 N–H and O–H groups in total. The lowest BCUT2D eigenvalue weighted by molar-refractivity contribution is 0.427. The summed E-state index contributed by atoms with van der Waals surface area (Å²) in [5, 5.41) is 0. The molecule has 0 saturated heterocycles. The zero-order chi connectivity index (χ0) is 14.9. The third-order valence-corrected chi connectivity index (χ3v) is 3.35. The van der Waals surface area contributed by atoms with E-state index in [0.717, 1.165) is 0 Å². The summed E-state index contributed by atoms with van der Waals surface area (Å²) in [6.07, 6.45) is 0.212. The lowest BCUT2D eigenvalue weighted by atomic mass is 9.85. The van der Waals surface area contributed by atoms with Crippen molar-refractivity contribution in [2.75, 3.05) is 0 Å². The Kier molecular flexibility index (Phi) is 3.86. The van der Waals surface area contributed by atoms with Crippen molar-refractivity contribution in [1.82, 2.24) is 0 Å². The molecular formula is C16H16F3N. The van der Waals surface area contributed by atoms with Crippen molar-refractivity contribution in [3.63, 3.8) is 0 Å². The van der Waals surface area contributed by atoms with E-state index in [2.05, 4.69) is 0 Å². The van der Waals surface area contributed by atoms with Crippen LogP contribution in [0.2, 0.25) is 0 Å². The average Bonchev–Trinajstić information content (AvgIpc) is 2.35. The largest absolute Gasteiger partial charge is 0.321 e. The highest BCUT2D eigenvalue weighted by molar-refractivity contribution is 5.32. The van der Waals surface area contributed by atoms with Crippen molar-refractivity contribution < 1.29 is 13.2 Å². The molecule has 106 valence electrons. The molecule has 0 heterocycles. The van der Waals surface area contributed by atoms with Crippen molar-refractivity contribution in [1.29, 1.82) is 0 Å². The van der Waals surface area contributed by atoms with Crippen LogP contribution in [0.4, 0.5) is 13.2 Å². The quantitative estimate of drug-likeness (QED) is 0.908. The maximum atomic E-state index is 14.0. The molecule has 0 bridgehead atoms. The van der Waals surface area contributed by atoms with Gasteiger partial charge in [0.2, 0.25) is 0 Å². The normalized spacial score (nSPS) is 14.1. The summed E-state index contributed by atoms with van der Waals surface area (Å²) in [5.74, 6) is -2.21. The van der Waals surface area contributed by atoms with Gasteiger partial charge in [0.25, 0.3) is 0 Å². The van der Waals surface area contributed by atoms with Gasteiger partial charge in [0, 0.05) is 11.1 Å². The second-order valence-electron chi connectivity index (χ2n) is 5.28. The van der Waals surface area contributed by atoms with E-state index in [1.807, 2.05) is 0 Å². The van der Waals surface area contributed by atoms with E-state index in [-0.39, 0.29) is 23.4 Å². The van der Waals surface area contributed by atoms with E-state index < -0.39 is 17.2 Å². The number of benzene rings is 2. The molecule has 0 radical (unpaired) electrons. The highest BCUT2D eigenvalue weighted by Crippen LogP contribution is 2.28. The molecule has 1 unspecified atom stereocenters. The summed E-state index contributed by atoms with van der Waals surface area (Å²) in [7, 11) is 0. The van der Waals surface area contributed by atoms with Crippen molar-refractivity contribution in [2.24, 2.45) is 5.73 Å². The Morgan fingerprint density at radius 1 is 1.05 bits per heavy atom. The molecule has 2 aromatic carbocycles. The third-order valence-electron chi connectivity index (χ3n) is 3.35. The van der Waals surface area contributed by atoms with Gasteiger partial charge < -0.3 is 5.73 Å². The number of hydrogen-bond donors (Lipinski definition) is 1. The van der Waals surface area contributed by atoms with E-state index in [1.165, 1.54) is 31.2 Å². The molecule has 1 atom stereocenters. The minimum Gasteiger partial charge on any atom is -0.321 e. The maximum Gasteiger partial charge on any atom is 0.164 e. The van der Waals surface area contributed by atoms with Crippen LogP contribution >= 0.6 is 0 Å². The van der Waals surface area contributed by atoms with Crippen molar-refractivity contribution in [3.05, 3.63) is 70.5 Å². The molecule has 4 heteroatoms. The molecule has 0 aliphatic heterocycles. The molecule has 2 aromatic rings. The Labute approximate surface area is 116 Å². The minimum absolute atomic E-state index is 0.0878. The van der Waals surface area contributed by atoms with Gasteiger partial charge in [0.15, 0.2) is 11.6 Å². The van der Waals surface area contributed by atoms with Gasteiger partial charge in [-0.1, -0.05) is 24.3 Å². The summed E-state index contributed by atoms with van der Waals surface area (Å²) >= 11 is 0. The summed E-state index contributed by atoms with van der Waals surface area (Å²) in [6.45, 7) is 3.09. The molecular weight excluding hydrogens is 263 g/mol. The Morgan fingerprint density at radius 2 is 1.75 bits per heavy atom. The molecule has 0 aromatic heterocycles. The lowest BCUT2D eigenvalue weighted by Crippen LogP contribution is -2.36. The molecule has 0 fully saturated rings. The van der Waals surface area contributed by atoms with E-state index >= 15 is 0 Å². The van der Waals surface area contributed by atoms with Crippen molar-refractivity contribution in [3.8, 4) is 0 Å². The second kappa shape index (κ2) is 5.29. The van der Waals surface area contributed by atoms with Gasteiger partial charge in [-0.05, 0) is 43.5 Å². The number of aryl methyl sites for hydroxylation is 1. The van der Waals surface area contributed by atoms with Gasteiger partial charge in [-0.15, -0.1) is 0 Å². The van der Waals surface area contributed by atoms with Gasteiger partial charge in [-0.2, -0.15) is 0 Å². The van der Waals surface area contributed by atoms with Gasteiger partial charge in [-0.3, -0.25) is 0 Å². The maximum absolute atomic E-state index is 14.0. The lowest BCUT2D eigenvalue weighted by Gasteiger charge is -2.26. The topological polar surface area (TPSA) is 26.0 Å². The molecule has 0 spiro atoms. The molecule has 2 rings (SSSR count). The number of hydrogen-bond acceptors (Lipinski definition) is 1. The average molecular weight is 279 g/mol. The highest BCUT2D eigenvalue weighted by atomic mass is 19.2. The fourth-order valence-corrected chi connectivity index (χ4v) is 2.25. The van der Waals surface area contributed by atoms with Crippen LogP contribution in [0.1, 0.15) is 23.6 Å². The Hall–Kier alpha value is -1.81. The number of rotatable bonds is 3. The first-order chi connectivity index (χ1) is 9.31. The monoisotopic (exact) mass is 279 g/mol. The first-order valence-corrected chi connectivity index (χ1v) is 6.29. The summed E-state index contributed by atoms with van der Waals surface area (Å²) in [6, 6.07) is 8.90. The van der Waals surface area contributed by atoms with Crippen LogP contribution in [0.25, 0.3) is 0 Å². The van der Waals surface area contributed by atoms with Crippen molar-refractivity contribution in [2.45, 2.75) is 25.8 Å². The van der Waals surface area contributed by atoms with E-state index in [4.69, 9.17) is 5.73 Å². The second-order valence-corrected chi connectivity index (χ2v) is 5.28. The SMILES string of the molecule is Cc1ccc(C(C)(N)Cc2cccc(F)c2)c(F)c1F. The zero-order valence-electron chi connectivity index (χ0n) is 11.4.